The van der Waals surface area contributed by atoms with Crippen molar-refractivity contribution in [1.82, 2.24) is 10.4 Å². The van der Waals surface area contributed by atoms with Crippen molar-refractivity contribution in [3.8, 4) is 0 Å². The van der Waals surface area contributed by atoms with Gasteiger partial charge in [0, 0.05) is 10.8 Å². The lowest BCUT2D eigenvalue weighted by Crippen LogP contribution is -2.53. The van der Waals surface area contributed by atoms with Crippen LogP contribution in [0.2, 0.25) is 0 Å². The molecule has 0 unspecified atom stereocenters. The zero-order valence-corrected chi connectivity index (χ0v) is 13.5. The Hall–Kier alpha value is -2.02. The summed E-state index contributed by atoms with van der Waals surface area (Å²) in [6, 6.07) is 3.77. The predicted octanol–water partition coefficient (Wildman–Crippen LogP) is 3.28. The molecule has 0 spiro atoms. The van der Waals surface area contributed by atoms with E-state index in [0.717, 1.165) is 4.88 Å². The minimum Gasteiger partial charge on any atom is -0.449 e. The molecule has 1 aliphatic rings. The smallest absolute Gasteiger partial charge is 0.429 e. The van der Waals surface area contributed by atoms with E-state index >= 15 is 0 Å². The molecule has 7 heteroatoms. The lowest BCUT2D eigenvalue weighted by molar-refractivity contribution is 0.0543. The summed E-state index contributed by atoms with van der Waals surface area (Å²) in [7, 11) is 0. The van der Waals surface area contributed by atoms with E-state index in [4.69, 9.17) is 9.47 Å². The highest BCUT2D eigenvalue weighted by Crippen LogP contribution is 2.34. The van der Waals surface area contributed by atoms with Gasteiger partial charge in [-0.05, 0) is 31.7 Å². The first-order chi connectivity index (χ1) is 10.7. The summed E-state index contributed by atoms with van der Waals surface area (Å²) in [5, 5.41) is 3.23. The van der Waals surface area contributed by atoms with E-state index in [-0.39, 0.29) is 25.2 Å². The van der Waals surface area contributed by atoms with Gasteiger partial charge in [-0.25, -0.2) is 20.0 Å². The Morgan fingerprint density at radius 1 is 1.36 bits per heavy atom. The highest BCUT2D eigenvalue weighted by Gasteiger charge is 2.35. The van der Waals surface area contributed by atoms with E-state index < -0.39 is 12.2 Å². The van der Waals surface area contributed by atoms with Crippen LogP contribution in [-0.4, -0.2) is 36.5 Å². The maximum Gasteiger partial charge on any atom is 0.429 e. The van der Waals surface area contributed by atoms with Gasteiger partial charge in [-0.15, -0.1) is 11.3 Å². The fraction of sp³-hybridized carbons (Fsp3) is 0.467. The second-order valence-electron chi connectivity index (χ2n) is 4.67. The van der Waals surface area contributed by atoms with Gasteiger partial charge in [-0.3, -0.25) is 0 Å². The van der Waals surface area contributed by atoms with Gasteiger partial charge in [0.2, 0.25) is 0 Å². The van der Waals surface area contributed by atoms with E-state index in [9.17, 15) is 9.59 Å². The topological polar surface area (TPSA) is 67.9 Å². The molecular weight excluding hydrogens is 304 g/mol. The van der Waals surface area contributed by atoms with Gasteiger partial charge in [-0.1, -0.05) is 18.2 Å². The maximum atomic E-state index is 12.2. The number of carbonyl (C=O) groups is 2. The molecule has 1 aromatic rings. The van der Waals surface area contributed by atoms with Crippen LogP contribution in [0.3, 0.4) is 0 Å². The molecule has 2 atom stereocenters. The standard InChI is InChI=1S/C15H20N2O4S/c1-3-20-14(18)16-17(15(19)21-4-2)12-8-5-7-11(12)13-9-6-10-22-13/h5-7,9-12H,3-4,8H2,1-2H3,(H,16,18)/t11-,12-/m0/s1. The van der Waals surface area contributed by atoms with Gasteiger partial charge in [0.05, 0.1) is 19.3 Å². The van der Waals surface area contributed by atoms with Gasteiger partial charge in [0.25, 0.3) is 0 Å². The van der Waals surface area contributed by atoms with Crippen LogP contribution in [-0.2, 0) is 9.47 Å². The molecule has 0 radical (unpaired) electrons. The largest absolute Gasteiger partial charge is 0.449 e. The Morgan fingerprint density at radius 2 is 2.14 bits per heavy atom. The van der Waals surface area contributed by atoms with Crippen LogP contribution in [0.1, 0.15) is 31.1 Å². The summed E-state index contributed by atoms with van der Waals surface area (Å²) in [5.41, 5.74) is 2.50. The third-order valence-electron chi connectivity index (χ3n) is 3.29. The first-order valence-corrected chi connectivity index (χ1v) is 8.14. The van der Waals surface area contributed by atoms with Gasteiger partial charge in [0.1, 0.15) is 0 Å². The monoisotopic (exact) mass is 324 g/mol. The Morgan fingerprint density at radius 3 is 2.77 bits per heavy atom. The van der Waals surface area contributed by atoms with E-state index in [1.165, 1.54) is 5.01 Å². The number of thiophene rings is 1. The number of amides is 2. The van der Waals surface area contributed by atoms with Crippen molar-refractivity contribution >= 4 is 23.5 Å². The lowest BCUT2D eigenvalue weighted by atomic mass is 10.0. The Kier molecular flexibility index (Phi) is 5.83. The van der Waals surface area contributed by atoms with Crippen LogP contribution >= 0.6 is 11.3 Å². The average molecular weight is 324 g/mol. The Bertz CT molecular complexity index is 530. The number of nitrogens with zero attached hydrogens (tertiary/aromatic N) is 1. The van der Waals surface area contributed by atoms with Crippen molar-refractivity contribution in [2.75, 3.05) is 13.2 Å². The van der Waals surface area contributed by atoms with Crippen LogP contribution in [0.15, 0.2) is 29.7 Å². The molecule has 6 nitrogen and oxygen atoms in total. The van der Waals surface area contributed by atoms with E-state index in [1.807, 2.05) is 23.6 Å². The van der Waals surface area contributed by atoms with E-state index in [1.54, 1.807) is 25.2 Å². The molecule has 0 bridgehead atoms. The van der Waals surface area contributed by atoms with Crippen molar-refractivity contribution < 1.29 is 19.1 Å². The average Bonchev–Trinajstić information content (AvgIpc) is 3.15. The highest BCUT2D eigenvalue weighted by atomic mass is 32.1. The summed E-state index contributed by atoms with van der Waals surface area (Å²) >= 11 is 1.62. The molecule has 0 saturated carbocycles. The first-order valence-electron chi connectivity index (χ1n) is 7.26. The number of nitrogens with one attached hydrogen (secondary N) is 1. The molecule has 2 rings (SSSR count). The number of ether oxygens (including phenoxy) is 2. The fourth-order valence-corrected chi connectivity index (χ4v) is 3.25. The molecule has 1 heterocycles. The molecule has 0 aromatic carbocycles. The number of hydrogen-bond donors (Lipinski definition) is 1. The fourth-order valence-electron chi connectivity index (χ4n) is 2.39. The molecule has 0 saturated heterocycles. The van der Waals surface area contributed by atoms with Crippen LogP contribution in [0.25, 0.3) is 0 Å². The summed E-state index contributed by atoms with van der Waals surface area (Å²) in [6.45, 7) is 3.91. The molecule has 2 amide bonds. The first kappa shape index (κ1) is 16.4. The normalized spacial score (nSPS) is 19.7. The minimum absolute atomic E-state index is 0.0336. The quantitative estimate of drug-likeness (QED) is 0.682. The molecule has 0 fully saturated rings. The SMILES string of the molecule is CCOC(=O)NN(C(=O)OCC)[C@H]1CC=C[C@@H]1c1cccs1. The predicted molar refractivity (Wildman–Crippen MR) is 83.6 cm³/mol. The zero-order valence-electron chi connectivity index (χ0n) is 12.7. The number of rotatable bonds is 4. The van der Waals surface area contributed by atoms with Crippen LogP contribution in [0.4, 0.5) is 9.59 Å². The van der Waals surface area contributed by atoms with Crippen molar-refractivity contribution in [2.24, 2.45) is 0 Å². The Balaban J connectivity index is 2.16. The summed E-state index contributed by atoms with van der Waals surface area (Å²) < 4.78 is 9.92. The molecule has 1 N–H and O–H groups in total. The van der Waals surface area contributed by atoms with Crippen molar-refractivity contribution in [1.29, 1.82) is 0 Å². The minimum atomic E-state index is -0.660. The number of hydrazine groups is 1. The maximum absolute atomic E-state index is 12.2. The molecule has 1 aromatic heterocycles. The van der Waals surface area contributed by atoms with Gasteiger partial charge in [0.15, 0.2) is 0 Å². The number of hydrogen-bond acceptors (Lipinski definition) is 5. The lowest BCUT2D eigenvalue weighted by Gasteiger charge is -2.31. The second-order valence-corrected chi connectivity index (χ2v) is 5.65. The summed E-state index contributed by atoms with van der Waals surface area (Å²) in [5.74, 6) is 0.0336. The molecular formula is C15H20N2O4S. The molecule has 1 aliphatic carbocycles. The number of carbonyl (C=O) groups excluding carboxylic acids is 2. The third kappa shape index (κ3) is 3.79. The Labute approximate surface area is 133 Å². The van der Waals surface area contributed by atoms with Crippen molar-refractivity contribution in [2.45, 2.75) is 32.2 Å². The van der Waals surface area contributed by atoms with Crippen molar-refractivity contribution in [3.05, 3.63) is 34.5 Å². The summed E-state index contributed by atoms with van der Waals surface area (Å²) in [4.78, 5) is 25.0. The highest BCUT2D eigenvalue weighted by molar-refractivity contribution is 7.10. The van der Waals surface area contributed by atoms with Crippen LogP contribution in [0, 0.1) is 0 Å². The van der Waals surface area contributed by atoms with Gasteiger partial charge in [-0.2, -0.15) is 0 Å². The second kappa shape index (κ2) is 7.84. The van der Waals surface area contributed by atoms with Crippen molar-refractivity contribution in [3.63, 3.8) is 0 Å². The zero-order chi connectivity index (χ0) is 15.9. The van der Waals surface area contributed by atoms with Gasteiger partial charge < -0.3 is 9.47 Å². The summed E-state index contributed by atoms with van der Waals surface area (Å²) in [6.07, 6.45) is 3.47. The van der Waals surface area contributed by atoms with E-state index in [2.05, 4.69) is 11.5 Å². The van der Waals surface area contributed by atoms with E-state index in [0.29, 0.717) is 6.42 Å². The third-order valence-corrected chi connectivity index (χ3v) is 4.26. The molecule has 120 valence electrons. The molecule has 0 aliphatic heterocycles. The van der Waals surface area contributed by atoms with Crippen LogP contribution in [0.5, 0.6) is 0 Å². The van der Waals surface area contributed by atoms with Gasteiger partial charge >= 0.3 is 12.2 Å². The molecule has 22 heavy (non-hydrogen) atoms. The van der Waals surface area contributed by atoms with Crippen LogP contribution < -0.4 is 5.43 Å².